The molecule has 0 aliphatic carbocycles. The van der Waals surface area contributed by atoms with E-state index in [9.17, 15) is 4.79 Å². The lowest BCUT2D eigenvalue weighted by Gasteiger charge is -2.27. The van der Waals surface area contributed by atoms with Crippen LogP contribution in [0.25, 0.3) is 21.5 Å². The third-order valence-electron chi connectivity index (χ3n) is 4.40. The molecule has 0 atom stereocenters. The molecule has 1 fully saturated rings. The van der Waals surface area contributed by atoms with E-state index in [0.717, 1.165) is 32.2 Å². The predicted molar refractivity (Wildman–Crippen MR) is 99.0 cm³/mol. The molecule has 0 bridgehead atoms. The Bertz CT molecular complexity index is 945. The summed E-state index contributed by atoms with van der Waals surface area (Å²) in [6.07, 6.45) is 0. The van der Waals surface area contributed by atoms with Gasteiger partial charge in [0.15, 0.2) is 0 Å². The van der Waals surface area contributed by atoms with Crippen molar-refractivity contribution < 1.29 is 9.53 Å². The van der Waals surface area contributed by atoms with Gasteiger partial charge in [-0.2, -0.15) is 0 Å². The topological polar surface area (TPSA) is 55.3 Å². The van der Waals surface area contributed by atoms with Gasteiger partial charge in [0.25, 0.3) is 5.91 Å². The van der Waals surface area contributed by atoms with Gasteiger partial charge in [-0.1, -0.05) is 6.07 Å². The van der Waals surface area contributed by atoms with Gasteiger partial charge in [0, 0.05) is 24.0 Å². The molecule has 2 aromatic heterocycles. The number of carbonyl (C=O) groups is 1. The zero-order valence-electron chi connectivity index (χ0n) is 14.3. The molecule has 1 aromatic carbocycles. The Morgan fingerprint density at radius 1 is 1.12 bits per heavy atom. The Balaban J connectivity index is 1.75. The van der Waals surface area contributed by atoms with Gasteiger partial charge < -0.3 is 9.64 Å². The summed E-state index contributed by atoms with van der Waals surface area (Å²) in [5, 5.41) is 1.92. The highest BCUT2D eigenvalue weighted by atomic mass is 32.1. The molecule has 0 N–H and O–H groups in total. The summed E-state index contributed by atoms with van der Waals surface area (Å²) in [4.78, 5) is 25.1. The fourth-order valence-corrected chi connectivity index (χ4v) is 4.06. The lowest BCUT2D eigenvalue weighted by atomic mass is 10.1. The van der Waals surface area contributed by atoms with E-state index in [4.69, 9.17) is 9.72 Å². The monoisotopic (exact) mass is 353 g/mol. The highest BCUT2D eigenvalue weighted by Crippen LogP contribution is 2.30. The van der Waals surface area contributed by atoms with Crippen LogP contribution in [0.1, 0.15) is 21.1 Å². The maximum Gasteiger partial charge on any atom is 0.254 e. The molecule has 25 heavy (non-hydrogen) atoms. The molecule has 1 saturated heterocycles. The highest BCUT2D eigenvalue weighted by molar-refractivity contribution is 7.15. The second-order valence-electron chi connectivity index (χ2n) is 6.12. The van der Waals surface area contributed by atoms with E-state index < -0.39 is 0 Å². The van der Waals surface area contributed by atoms with E-state index >= 15 is 0 Å². The molecule has 0 saturated carbocycles. The van der Waals surface area contributed by atoms with E-state index in [0.29, 0.717) is 31.9 Å². The smallest absolute Gasteiger partial charge is 0.254 e. The number of benzene rings is 1. The molecule has 0 unspecified atom stereocenters. The molecule has 1 aliphatic rings. The minimum Gasteiger partial charge on any atom is -0.378 e. The number of morpholine rings is 1. The molecule has 4 rings (SSSR count). The van der Waals surface area contributed by atoms with Crippen molar-refractivity contribution in [2.75, 3.05) is 26.3 Å². The van der Waals surface area contributed by atoms with E-state index in [1.165, 1.54) is 0 Å². The van der Waals surface area contributed by atoms with E-state index in [2.05, 4.69) is 4.98 Å². The minimum atomic E-state index is 0.0493. The lowest BCUT2D eigenvalue weighted by molar-refractivity contribution is 0.0304. The number of rotatable bonds is 2. The summed E-state index contributed by atoms with van der Waals surface area (Å²) < 4.78 is 5.34. The maximum atomic E-state index is 12.9. The molecule has 6 heteroatoms. The fourth-order valence-electron chi connectivity index (χ4n) is 3.17. The van der Waals surface area contributed by atoms with Crippen LogP contribution in [0.4, 0.5) is 0 Å². The third-order valence-corrected chi connectivity index (χ3v) is 5.49. The number of thiazole rings is 1. The van der Waals surface area contributed by atoms with Crippen LogP contribution >= 0.6 is 11.3 Å². The van der Waals surface area contributed by atoms with Gasteiger partial charge in [0.2, 0.25) is 0 Å². The van der Waals surface area contributed by atoms with Gasteiger partial charge in [-0.3, -0.25) is 4.79 Å². The molecule has 5 nitrogen and oxygen atoms in total. The standard InChI is InChI=1S/C19H19N3O2S/c1-12-18(25-13(2)20-12)17-7-6-14-15(4-3-5-16(14)21-17)19(23)22-8-10-24-11-9-22/h3-7H,8-11H2,1-2H3. The van der Waals surface area contributed by atoms with Crippen LogP contribution in [0.2, 0.25) is 0 Å². The Labute approximate surface area is 150 Å². The van der Waals surface area contributed by atoms with Crippen molar-refractivity contribution in [3.63, 3.8) is 0 Å². The molecule has 3 heterocycles. The van der Waals surface area contributed by atoms with E-state index in [1.54, 1.807) is 11.3 Å². The maximum absolute atomic E-state index is 12.9. The van der Waals surface area contributed by atoms with Gasteiger partial charge in [0.05, 0.1) is 40.0 Å². The van der Waals surface area contributed by atoms with Crippen LogP contribution in [-0.4, -0.2) is 47.1 Å². The van der Waals surface area contributed by atoms with Crippen LogP contribution in [0.5, 0.6) is 0 Å². The average molecular weight is 353 g/mol. The number of aromatic nitrogens is 2. The molecule has 3 aromatic rings. The van der Waals surface area contributed by atoms with Crippen molar-refractivity contribution in [1.82, 2.24) is 14.9 Å². The van der Waals surface area contributed by atoms with Crippen molar-refractivity contribution in [2.45, 2.75) is 13.8 Å². The summed E-state index contributed by atoms with van der Waals surface area (Å²) in [7, 11) is 0. The normalized spacial score (nSPS) is 14.9. The van der Waals surface area contributed by atoms with Crippen molar-refractivity contribution in [2.24, 2.45) is 0 Å². The Morgan fingerprint density at radius 2 is 1.92 bits per heavy atom. The van der Waals surface area contributed by atoms with Crippen LogP contribution in [0.3, 0.4) is 0 Å². The first-order valence-electron chi connectivity index (χ1n) is 8.34. The van der Waals surface area contributed by atoms with Gasteiger partial charge in [0.1, 0.15) is 0 Å². The molecule has 1 amide bonds. The van der Waals surface area contributed by atoms with Crippen molar-refractivity contribution in [1.29, 1.82) is 0 Å². The number of carbonyl (C=O) groups excluding carboxylic acids is 1. The van der Waals surface area contributed by atoms with Gasteiger partial charge in [-0.15, -0.1) is 11.3 Å². The summed E-state index contributed by atoms with van der Waals surface area (Å²) in [5.41, 5.74) is 3.44. The number of amides is 1. The summed E-state index contributed by atoms with van der Waals surface area (Å²) in [6, 6.07) is 9.72. The highest BCUT2D eigenvalue weighted by Gasteiger charge is 2.20. The van der Waals surface area contributed by atoms with Gasteiger partial charge >= 0.3 is 0 Å². The SMILES string of the molecule is Cc1nc(C)c(-c2ccc3c(C(=O)N4CCOCC4)cccc3n2)s1. The van der Waals surface area contributed by atoms with Crippen LogP contribution < -0.4 is 0 Å². The first-order valence-corrected chi connectivity index (χ1v) is 9.16. The summed E-state index contributed by atoms with van der Waals surface area (Å²) in [5.74, 6) is 0.0493. The third kappa shape index (κ3) is 3.03. The Hall–Kier alpha value is -2.31. The van der Waals surface area contributed by atoms with Gasteiger partial charge in [-0.25, -0.2) is 9.97 Å². The van der Waals surface area contributed by atoms with E-state index in [1.807, 2.05) is 49.1 Å². The molecule has 128 valence electrons. The quantitative estimate of drug-likeness (QED) is 0.708. The lowest BCUT2D eigenvalue weighted by Crippen LogP contribution is -2.40. The molecular formula is C19H19N3O2S. The molecule has 0 spiro atoms. The second-order valence-corrected chi connectivity index (χ2v) is 7.32. The van der Waals surface area contributed by atoms with Crippen molar-refractivity contribution in [3.8, 4) is 10.6 Å². The second kappa shape index (κ2) is 6.54. The Kier molecular flexibility index (Phi) is 4.23. The molecular weight excluding hydrogens is 334 g/mol. The molecule has 0 radical (unpaired) electrons. The fraction of sp³-hybridized carbons (Fsp3) is 0.316. The number of aryl methyl sites for hydroxylation is 2. The number of hydrogen-bond acceptors (Lipinski definition) is 5. The number of fused-ring (bicyclic) bond motifs is 1. The Morgan fingerprint density at radius 3 is 2.64 bits per heavy atom. The van der Waals surface area contributed by atoms with Crippen LogP contribution in [0, 0.1) is 13.8 Å². The van der Waals surface area contributed by atoms with Gasteiger partial charge in [-0.05, 0) is 38.1 Å². The number of hydrogen-bond donors (Lipinski definition) is 0. The van der Waals surface area contributed by atoms with E-state index in [-0.39, 0.29) is 5.91 Å². The minimum absolute atomic E-state index is 0.0493. The summed E-state index contributed by atoms with van der Waals surface area (Å²) in [6.45, 7) is 6.48. The largest absolute Gasteiger partial charge is 0.378 e. The molecule has 1 aliphatic heterocycles. The van der Waals surface area contributed by atoms with Crippen LogP contribution in [0.15, 0.2) is 30.3 Å². The van der Waals surface area contributed by atoms with Crippen molar-refractivity contribution >= 4 is 28.1 Å². The first-order chi connectivity index (χ1) is 12.1. The number of nitrogens with zero attached hydrogens (tertiary/aromatic N) is 3. The number of ether oxygens (including phenoxy) is 1. The number of pyridine rings is 1. The van der Waals surface area contributed by atoms with Crippen molar-refractivity contribution in [3.05, 3.63) is 46.6 Å². The zero-order chi connectivity index (χ0) is 17.4. The zero-order valence-corrected chi connectivity index (χ0v) is 15.1. The van der Waals surface area contributed by atoms with Crippen LogP contribution in [-0.2, 0) is 4.74 Å². The average Bonchev–Trinajstić information content (AvgIpc) is 2.99. The summed E-state index contributed by atoms with van der Waals surface area (Å²) >= 11 is 1.65. The first kappa shape index (κ1) is 16.2. The predicted octanol–water partition coefficient (Wildman–Crippen LogP) is 3.45.